The van der Waals surface area contributed by atoms with Crippen LogP contribution < -0.4 is 4.74 Å². The first kappa shape index (κ1) is 28.9. The lowest BCUT2D eigenvalue weighted by atomic mass is 9.84. The molecule has 0 fully saturated rings. The van der Waals surface area contributed by atoms with E-state index in [9.17, 15) is 0 Å². The fourth-order valence-electron chi connectivity index (χ4n) is 8.13. The molecule has 2 aromatic heterocycles. The molecular weight excluding hydrogens is 639 g/mol. The second-order valence-corrected chi connectivity index (χ2v) is 13.5. The van der Waals surface area contributed by atoms with Crippen molar-refractivity contribution in [3.8, 4) is 39.7 Å². The summed E-state index contributed by atoms with van der Waals surface area (Å²) >= 11 is 0. The monoisotopic (exact) mass is 667 g/mol. The van der Waals surface area contributed by atoms with Gasteiger partial charge in [0.25, 0.3) is 0 Å². The Labute approximate surface area is 299 Å². The zero-order valence-corrected chi connectivity index (χ0v) is 27.9. The Morgan fingerprint density at radius 1 is 0.500 bits per heavy atom. The molecule has 5 heteroatoms. The molecule has 2 unspecified atom stereocenters. The van der Waals surface area contributed by atoms with Gasteiger partial charge in [-0.2, -0.15) is 0 Å². The highest BCUT2D eigenvalue weighted by atomic mass is 16.5. The number of benzene rings is 7. The highest BCUT2D eigenvalue weighted by Gasteiger charge is 2.38. The third kappa shape index (κ3) is 4.46. The van der Waals surface area contributed by atoms with Crippen LogP contribution in [-0.2, 0) is 0 Å². The lowest BCUT2D eigenvalue weighted by Crippen LogP contribution is -2.20. The molecule has 0 spiro atoms. The van der Waals surface area contributed by atoms with Crippen molar-refractivity contribution in [1.82, 2.24) is 15.0 Å². The maximum Gasteiger partial charge on any atom is 0.164 e. The minimum Gasteiger partial charge on any atom is -0.485 e. The van der Waals surface area contributed by atoms with E-state index < -0.39 is 0 Å². The quantitative estimate of drug-likeness (QED) is 0.175. The molecule has 0 amide bonds. The summed E-state index contributed by atoms with van der Waals surface area (Å²) in [6.07, 6.45) is 6.17. The van der Waals surface area contributed by atoms with E-state index in [-0.39, 0.29) is 12.0 Å². The van der Waals surface area contributed by atoms with Crippen LogP contribution in [0.25, 0.3) is 83.0 Å². The largest absolute Gasteiger partial charge is 0.485 e. The molecule has 7 aromatic carbocycles. The summed E-state index contributed by atoms with van der Waals surface area (Å²) in [6.45, 7) is 0. The van der Waals surface area contributed by atoms with Gasteiger partial charge in [-0.15, -0.1) is 0 Å². The van der Waals surface area contributed by atoms with Gasteiger partial charge in [0.2, 0.25) is 0 Å². The smallest absolute Gasteiger partial charge is 0.164 e. The van der Waals surface area contributed by atoms with E-state index in [0.29, 0.717) is 17.5 Å². The summed E-state index contributed by atoms with van der Waals surface area (Å²) in [5.41, 5.74) is 7.97. The van der Waals surface area contributed by atoms with Crippen LogP contribution in [0, 0.1) is 0 Å². The maximum absolute atomic E-state index is 6.41. The van der Waals surface area contributed by atoms with Crippen LogP contribution in [0.5, 0.6) is 5.75 Å². The molecule has 2 atom stereocenters. The van der Waals surface area contributed by atoms with Crippen LogP contribution in [0.1, 0.15) is 17.3 Å². The second-order valence-electron chi connectivity index (χ2n) is 13.5. The number of fused-ring (bicyclic) bond motifs is 9. The van der Waals surface area contributed by atoms with E-state index in [2.05, 4.69) is 121 Å². The summed E-state index contributed by atoms with van der Waals surface area (Å²) in [5, 5.41) is 6.72. The first-order valence-electron chi connectivity index (χ1n) is 17.6. The van der Waals surface area contributed by atoms with Crippen molar-refractivity contribution in [3.63, 3.8) is 0 Å². The summed E-state index contributed by atoms with van der Waals surface area (Å²) in [6, 6.07) is 50.6. The van der Waals surface area contributed by atoms with Gasteiger partial charge in [0.15, 0.2) is 17.5 Å². The predicted octanol–water partition coefficient (Wildman–Crippen LogP) is 11.6. The Balaban J connectivity index is 1.17. The minimum absolute atomic E-state index is 0.0381. The average Bonchev–Trinajstić information content (AvgIpc) is 3.79. The van der Waals surface area contributed by atoms with Crippen LogP contribution in [0.4, 0.5) is 0 Å². The number of hydrogen-bond donors (Lipinski definition) is 0. The first-order chi connectivity index (χ1) is 25.8. The lowest BCUT2D eigenvalue weighted by Gasteiger charge is -2.22. The Kier molecular flexibility index (Phi) is 6.31. The number of nitrogens with zero attached hydrogens (tertiary/aromatic N) is 3. The first-order valence-corrected chi connectivity index (χ1v) is 17.6. The molecule has 0 bridgehead atoms. The third-order valence-electron chi connectivity index (χ3n) is 10.5. The summed E-state index contributed by atoms with van der Waals surface area (Å²) in [4.78, 5) is 15.8. The van der Waals surface area contributed by atoms with Crippen LogP contribution in [-0.4, -0.2) is 21.1 Å². The molecule has 244 valence electrons. The molecule has 52 heavy (non-hydrogen) atoms. The lowest BCUT2D eigenvalue weighted by molar-refractivity contribution is 0.271. The van der Waals surface area contributed by atoms with Crippen LogP contribution in [0.2, 0.25) is 0 Å². The van der Waals surface area contributed by atoms with E-state index in [0.717, 1.165) is 55.3 Å². The standard InChI is InChI=1S/C47H29N3O2/c1-2-12-28(13-3-1)37-26-29-14-4-5-15-31(29)38-27-30(24-25-32(37)38)45-48-46(35-18-10-22-41-43(35)33-16-6-8-20-39(33)51-41)50-47(49-45)36-19-11-23-42-44(36)34-17-7-9-21-40(34)52-42/h1-27,41,43H. The number of ether oxygens (including phenoxy) is 1. The van der Waals surface area contributed by atoms with Gasteiger partial charge in [-0.25, -0.2) is 15.0 Å². The second kappa shape index (κ2) is 11.3. The van der Waals surface area contributed by atoms with Gasteiger partial charge < -0.3 is 9.15 Å². The molecule has 0 saturated carbocycles. The van der Waals surface area contributed by atoms with E-state index in [4.69, 9.17) is 24.1 Å². The Bertz CT molecular complexity index is 2960. The number of para-hydroxylation sites is 2. The highest BCUT2D eigenvalue weighted by Crippen LogP contribution is 2.48. The van der Waals surface area contributed by atoms with E-state index in [1.165, 1.54) is 27.3 Å². The molecule has 0 N–H and O–H groups in total. The molecule has 3 heterocycles. The van der Waals surface area contributed by atoms with Crippen molar-refractivity contribution in [3.05, 3.63) is 175 Å². The third-order valence-corrected chi connectivity index (χ3v) is 10.5. The van der Waals surface area contributed by atoms with E-state index in [1.54, 1.807) is 0 Å². The molecule has 0 saturated heterocycles. The maximum atomic E-state index is 6.41. The Morgan fingerprint density at radius 3 is 2.21 bits per heavy atom. The van der Waals surface area contributed by atoms with Gasteiger partial charge in [-0.3, -0.25) is 0 Å². The molecule has 1 aliphatic carbocycles. The Morgan fingerprint density at radius 2 is 1.27 bits per heavy atom. The molecule has 5 nitrogen and oxygen atoms in total. The zero-order valence-electron chi connectivity index (χ0n) is 27.9. The van der Waals surface area contributed by atoms with Gasteiger partial charge in [-0.05, 0) is 69.1 Å². The van der Waals surface area contributed by atoms with Crippen molar-refractivity contribution in [1.29, 1.82) is 0 Å². The molecule has 1 aliphatic heterocycles. The fraction of sp³-hybridized carbons (Fsp3) is 0.0426. The van der Waals surface area contributed by atoms with E-state index in [1.807, 2.05) is 42.5 Å². The fourth-order valence-corrected chi connectivity index (χ4v) is 8.13. The van der Waals surface area contributed by atoms with Gasteiger partial charge >= 0.3 is 0 Å². The minimum atomic E-state index is -0.134. The predicted molar refractivity (Wildman–Crippen MR) is 209 cm³/mol. The number of rotatable bonds is 4. The van der Waals surface area contributed by atoms with Crippen molar-refractivity contribution in [2.75, 3.05) is 0 Å². The van der Waals surface area contributed by atoms with Crippen molar-refractivity contribution in [2.45, 2.75) is 12.0 Å². The average molecular weight is 668 g/mol. The topological polar surface area (TPSA) is 61.0 Å². The number of allylic oxidation sites excluding steroid dienone is 2. The van der Waals surface area contributed by atoms with Gasteiger partial charge in [-0.1, -0.05) is 127 Å². The molecule has 11 rings (SSSR count). The molecule has 0 radical (unpaired) electrons. The van der Waals surface area contributed by atoms with E-state index >= 15 is 0 Å². The normalized spacial score (nSPS) is 16.3. The van der Waals surface area contributed by atoms with Crippen molar-refractivity contribution in [2.24, 2.45) is 0 Å². The van der Waals surface area contributed by atoms with Crippen LogP contribution >= 0.6 is 0 Å². The zero-order chi connectivity index (χ0) is 34.2. The van der Waals surface area contributed by atoms with Crippen molar-refractivity contribution >= 4 is 49.1 Å². The van der Waals surface area contributed by atoms with Gasteiger partial charge in [0, 0.05) is 33.0 Å². The number of aromatic nitrogens is 3. The molecule has 2 aliphatic rings. The summed E-state index contributed by atoms with van der Waals surface area (Å²) in [5.74, 6) is 2.70. The summed E-state index contributed by atoms with van der Waals surface area (Å²) < 4.78 is 12.7. The SMILES string of the molecule is C1=CC2Oc3ccccc3C2C(c2nc(-c3ccc4c(-c5ccccc5)cc5ccccc5c4c3)nc(-c3cccc4oc5ccccc5c34)n2)=C1. The Hall–Kier alpha value is -6.85. The van der Waals surface area contributed by atoms with Crippen molar-refractivity contribution < 1.29 is 9.15 Å². The van der Waals surface area contributed by atoms with Crippen LogP contribution in [0.15, 0.2) is 168 Å². The van der Waals surface area contributed by atoms with Gasteiger partial charge in [0.1, 0.15) is 23.0 Å². The van der Waals surface area contributed by atoms with Gasteiger partial charge in [0.05, 0.1) is 5.92 Å². The number of furan rings is 1. The number of hydrogen-bond acceptors (Lipinski definition) is 5. The summed E-state index contributed by atoms with van der Waals surface area (Å²) in [7, 11) is 0. The highest BCUT2D eigenvalue weighted by molar-refractivity contribution is 6.15. The molecular formula is C47H29N3O2. The molecule has 9 aromatic rings. The van der Waals surface area contributed by atoms with Crippen LogP contribution in [0.3, 0.4) is 0 Å².